The number of nitrogens with zero attached hydrogens (tertiary/aromatic N) is 1. The molecule has 1 fully saturated rings. The lowest BCUT2D eigenvalue weighted by Crippen LogP contribution is -2.41. The van der Waals surface area contributed by atoms with Gasteiger partial charge in [0.15, 0.2) is 0 Å². The number of hydrogen-bond acceptors (Lipinski definition) is 3. The first-order valence-electron chi connectivity index (χ1n) is 6.92. The average molecular weight is 261 g/mol. The fraction of sp³-hybridized carbons (Fsp3) is 0.533. The third-order valence-corrected chi connectivity index (χ3v) is 3.87. The highest BCUT2D eigenvalue weighted by atomic mass is 16.5. The summed E-state index contributed by atoms with van der Waals surface area (Å²) in [4.78, 5) is 14.2. The zero-order valence-electron chi connectivity index (χ0n) is 11.0. The van der Waals surface area contributed by atoms with Gasteiger partial charge < -0.3 is 14.4 Å². The third kappa shape index (κ3) is 2.73. The molecule has 0 N–H and O–H groups in total. The number of carbonyl (C=O) groups excluding carboxylic acids is 1. The second kappa shape index (κ2) is 5.61. The van der Waals surface area contributed by atoms with E-state index in [0.717, 1.165) is 25.3 Å². The summed E-state index contributed by atoms with van der Waals surface area (Å²) in [7, 11) is 0. The van der Waals surface area contributed by atoms with Crippen molar-refractivity contribution in [3.63, 3.8) is 0 Å². The molecule has 19 heavy (non-hydrogen) atoms. The van der Waals surface area contributed by atoms with Crippen LogP contribution in [0.3, 0.4) is 0 Å². The number of benzene rings is 1. The lowest BCUT2D eigenvalue weighted by atomic mass is 9.90. The molecule has 1 aromatic carbocycles. The van der Waals surface area contributed by atoms with Crippen LogP contribution in [0.25, 0.3) is 0 Å². The first-order chi connectivity index (χ1) is 9.34. The monoisotopic (exact) mass is 261 g/mol. The van der Waals surface area contributed by atoms with E-state index >= 15 is 0 Å². The minimum Gasteiger partial charge on any atom is -0.493 e. The Labute approximate surface area is 113 Å². The van der Waals surface area contributed by atoms with Gasteiger partial charge in [0.2, 0.25) is 5.91 Å². The number of morpholine rings is 1. The highest BCUT2D eigenvalue weighted by Crippen LogP contribution is 2.35. The standard InChI is InChI=1S/C15H19NO3/c17-15(16-6-9-18-10-7-16)11-12-5-8-19-14-4-2-1-3-13(12)14/h1-4,12H,5-11H2. The molecule has 0 spiro atoms. The summed E-state index contributed by atoms with van der Waals surface area (Å²) in [6.45, 7) is 3.48. The molecule has 1 aromatic rings. The molecular formula is C15H19NO3. The molecular weight excluding hydrogens is 242 g/mol. The predicted octanol–water partition coefficient (Wildman–Crippen LogP) is 1.80. The number of fused-ring (bicyclic) bond motifs is 1. The molecule has 3 rings (SSSR count). The predicted molar refractivity (Wildman–Crippen MR) is 71.3 cm³/mol. The summed E-state index contributed by atoms with van der Waals surface area (Å²) in [5.74, 6) is 1.47. The van der Waals surface area contributed by atoms with E-state index in [9.17, 15) is 4.79 Å². The number of ether oxygens (including phenoxy) is 2. The quantitative estimate of drug-likeness (QED) is 0.815. The zero-order chi connectivity index (χ0) is 13.1. The fourth-order valence-corrected chi connectivity index (χ4v) is 2.78. The van der Waals surface area contributed by atoms with E-state index in [1.165, 1.54) is 5.56 Å². The van der Waals surface area contributed by atoms with E-state index in [1.807, 2.05) is 23.1 Å². The Morgan fingerprint density at radius 1 is 1.21 bits per heavy atom. The molecule has 2 aliphatic heterocycles. The van der Waals surface area contributed by atoms with Gasteiger partial charge in [-0.1, -0.05) is 18.2 Å². The molecule has 1 amide bonds. The van der Waals surface area contributed by atoms with Crippen LogP contribution in [0.1, 0.15) is 24.3 Å². The van der Waals surface area contributed by atoms with Crippen LogP contribution in [0.2, 0.25) is 0 Å². The van der Waals surface area contributed by atoms with Crippen LogP contribution in [0.5, 0.6) is 5.75 Å². The summed E-state index contributed by atoms with van der Waals surface area (Å²) < 4.78 is 10.9. The van der Waals surface area contributed by atoms with Crippen molar-refractivity contribution < 1.29 is 14.3 Å². The number of amides is 1. The summed E-state index contributed by atoms with van der Waals surface area (Å²) in [6, 6.07) is 8.05. The maximum absolute atomic E-state index is 12.3. The van der Waals surface area contributed by atoms with Crippen molar-refractivity contribution in [3.05, 3.63) is 29.8 Å². The normalized spacial score (nSPS) is 22.5. The van der Waals surface area contributed by atoms with Gasteiger partial charge >= 0.3 is 0 Å². The summed E-state index contributed by atoms with van der Waals surface area (Å²) in [5, 5.41) is 0. The van der Waals surface area contributed by atoms with Crippen molar-refractivity contribution in [1.82, 2.24) is 4.90 Å². The van der Waals surface area contributed by atoms with Crippen molar-refractivity contribution in [2.75, 3.05) is 32.9 Å². The van der Waals surface area contributed by atoms with Gasteiger partial charge in [0.25, 0.3) is 0 Å². The van der Waals surface area contributed by atoms with E-state index in [4.69, 9.17) is 9.47 Å². The first kappa shape index (κ1) is 12.5. The highest BCUT2D eigenvalue weighted by Gasteiger charge is 2.26. The van der Waals surface area contributed by atoms with Crippen LogP contribution >= 0.6 is 0 Å². The lowest BCUT2D eigenvalue weighted by Gasteiger charge is -2.30. The van der Waals surface area contributed by atoms with Crippen molar-refractivity contribution >= 4 is 5.91 Å². The van der Waals surface area contributed by atoms with Crippen molar-refractivity contribution in [2.45, 2.75) is 18.8 Å². The number of carbonyl (C=O) groups is 1. The Balaban J connectivity index is 1.68. The first-order valence-corrected chi connectivity index (χ1v) is 6.92. The van der Waals surface area contributed by atoms with Crippen LogP contribution < -0.4 is 4.74 Å². The Morgan fingerprint density at radius 3 is 2.84 bits per heavy atom. The summed E-state index contributed by atoms with van der Waals surface area (Å²) >= 11 is 0. The van der Waals surface area contributed by atoms with Gasteiger partial charge in [-0.25, -0.2) is 0 Å². The van der Waals surface area contributed by atoms with Crippen LogP contribution in [0.15, 0.2) is 24.3 Å². The summed E-state index contributed by atoms with van der Waals surface area (Å²) in [6.07, 6.45) is 1.51. The molecule has 0 bridgehead atoms. The van der Waals surface area contributed by atoms with E-state index in [2.05, 4.69) is 6.07 Å². The third-order valence-electron chi connectivity index (χ3n) is 3.87. The van der Waals surface area contributed by atoms with Gasteiger partial charge in [0, 0.05) is 19.5 Å². The number of rotatable bonds is 2. The van der Waals surface area contributed by atoms with Crippen molar-refractivity contribution in [2.24, 2.45) is 0 Å². The topological polar surface area (TPSA) is 38.8 Å². The molecule has 0 saturated carbocycles. The molecule has 4 heteroatoms. The minimum atomic E-state index is 0.241. The van der Waals surface area contributed by atoms with Gasteiger partial charge in [-0.15, -0.1) is 0 Å². The molecule has 1 unspecified atom stereocenters. The van der Waals surface area contributed by atoms with Crippen molar-refractivity contribution in [1.29, 1.82) is 0 Å². The van der Waals surface area contributed by atoms with Gasteiger partial charge in [-0.2, -0.15) is 0 Å². The van der Waals surface area contributed by atoms with E-state index in [0.29, 0.717) is 32.2 Å². The maximum Gasteiger partial charge on any atom is 0.223 e. The van der Waals surface area contributed by atoms with Gasteiger partial charge in [-0.05, 0) is 24.0 Å². The van der Waals surface area contributed by atoms with Crippen LogP contribution in [0.4, 0.5) is 0 Å². The van der Waals surface area contributed by atoms with E-state index < -0.39 is 0 Å². The van der Waals surface area contributed by atoms with Gasteiger partial charge in [0.05, 0.1) is 19.8 Å². The molecule has 1 saturated heterocycles. The molecule has 1 atom stereocenters. The maximum atomic E-state index is 12.3. The fourth-order valence-electron chi connectivity index (χ4n) is 2.78. The Bertz CT molecular complexity index is 454. The van der Waals surface area contributed by atoms with Crippen LogP contribution in [-0.4, -0.2) is 43.7 Å². The van der Waals surface area contributed by atoms with E-state index in [-0.39, 0.29) is 5.91 Å². The van der Waals surface area contributed by atoms with Crippen LogP contribution in [0, 0.1) is 0 Å². The van der Waals surface area contributed by atoms with E-state index in [1.54, 1.807) is 0 Å². The molecule has 2 heterocycles. The van der Waals surface area contributed by atoms with Crippen LogP contribution in [-0.2, 0) is 9.53 Å². The minimum absolute atomic E-state index is 0.241. The van der Waals surface area contributed by atoms with Gasteiger partial charge in [-0.3, -0.25) is 4.79 Å². The molecule has 0 aliphatic carbocycles. The lowest BCUT2D eigenvalue weighted by molar-refractivity contribution is -0.135. The second-order valence-corrected chi connectivity index (χ2v) is 5.07. The Kier molecular flexibility index (Phi) is 3.69. The second-order valence-electron chi connectivity index (χ2n) is 5.07. The Morgan fingerprint density at radius 2 is 2.00 bits per heavy atom. The van der Waals surface area contributed by atoms with Gasteiger partial charge in [0.1, 0.15) is 5.75 Å². The molecule has 0 aromatic heterocycles. The molecule has 2 aliphatic rings. The largest absolute Gasteiger partial charge is 0.493 e. The molecule has 4 nitrogen and oxygen atoms in total. The molecule has 0 radical (unpaired) electrons. The summed E-state index contributed by atoms with van der Waals surface area (Å²) in [5.41, 5.74) is 1.18. The zero-order valence-corrected chi connectivity index (χ0v) is 11.0. The SMILES string of the molecule is O=C(CC1CCOc2ccccc21)N1CCOCC1. The highest BCUT2D eigenvalue weighted by molar-refractivity contribution is 5.77. The smallest absolute Gasteiger partial charge is 0.223 e. The number of hydrogen-bond donors (Lipinski definition) is 0. The van der Waals surface area contributed by atoms with Crippen molar-refractivity contribution in [3.8, 4) is 5.75 Å². The molecule has 102 valence electrons. The average Bonchev–Trinajstić information content (AvgIpc) is 2.48. The Hall–Kier alpha value is -1.55. The number of para-hydroxylation sites is 1.